The van der Waals surface area contributed by atoms with Crippen LogP contribution in [0.4, 0.5) is 0 Å². The van der Waals surface area contributed by atoms with Crippen LogP contribution in [0, 0.1) is 0 Å². The molecular weight excluding hydrogens is 401 g/mol. The Bertz CT molecular complexity index is 433. The van der Waals surface area contributed by atoms with Gasteiger partial charge in [0, 0.05) is 13.8 Å². The molecule has 0 N–H and O–H groups in total. The molecule has 2 aliphatic rings. The van der Waals surface area contributed by atoms with Crippen molar-refractivity contribution in [2.45, 2.75) is 66.7 Å². The van der Waals surface area contributed by atoms with E-state index in [9.17, 15) is 0 Å². The molecule has 0 spiro atoms. The summed E-state index contributed by atoms with van der Waals surface area (Å²) in [5.74, 6) is 0. The van der Waals surface area contributed by atoms with E-state index in [1.165, 1.54) is 0 Å². The molecule has 2 nitrogen and oxygen atoms in total. The van der Waals surface area contributed by atoms with Crippen molar-refractivity contribution in [1.29, 1.82) is 0 Å². The minimum atomic E-state index is 0. The van der Waals surface area contributed by atoms with Gasteiger partial charge in [-0.3, -0.25) is 0 Å². The molecule has 23 heavy (non-hydrogen) atoms. The molecule has 0 fully saturated rings. The summed E-state index contributed by atoms with van der Waals surface area (Å²) in [6.07, 6.45) is 0. The van der Waals surface area contributed by atoms with Crippen LogP contribution in [0.2, 0.25) is 0 Å². The summed E-state index contributed by atoms with van der Waals surface area (Å²) < 4.78 is 0. The number of hydrogen-bond acceptors (Lipinski definition) is 2. The van der Waals surface area contributed by atoms with Crippen molar-refractivity contribution >= 4 is 27.0 Å². The van der Waals surface area contributed by atoms with Gasteiger partial charge >= 0.3 is 26.2 Å². The molecule has 0 saturated heterocycles. The van der Waals surface area contributed by atoms with Crippen molar-refractivity contribution in [2.24, 2.45) is 0 Å². The first-order valence-corrected chi connectivity index (χ1v) is 9.78. The molecule has 0 saturated carbocycles. The molecule has 0 aromatic carbocycles. The smallest absolute Gasteiger partial charge is 0.857 e. The molecule has 0 bridgehead atoms. The van der Waals surface area contributed by atoms with Gasteiger partial charge in [0.1, 0.15) is 21.9 Å². The number of rotatable bonds is 0. The van der Waals surface area contributed by atoms with Crippen LogP contribution in [-0.4, -0.2) is 36.1 Å². The van der Waals surface area contributed by atoms with E-state index in [1.807, 2.05) is 0 Å². The molecule has 2 aliphatic heterocycles. The van der Waals surface area contributed by atoms with Gasteiger partial charge in [-0.15, -0.1) is 0 Å². The monoisotopic (exact) mass is 434 g/mol. The van der Waals surface area contributed by atoms with Gasteiger partial charge in [-0.25, -0.2) is 0 Å². The second-order valence-corrected chi connectivity index (χ2v) is 9.41. The van der Waals surface area contributed by atoms with Crippen molar-refractivity contribution in [3.63, 3.8) is 0 Å². The Labute approximate surface area is 166 Å². The van der Waals surface area contributed by atoms with Crippen LogP contribution < -0.4 is 10.2 Å². The fraction of sp³-hybridized carbons (Fsp3) is 0.667. The molecule has 0 aromatic heterocycles. The Morgan fingerprint density at radius 3 is 0.870 bits per heavy atom. The topological polar surface area (TPSA) is 46.1 Å². The maximum absolute atomic E-state index is 8.25. The van der Waals surface area contributed by atoms with Gasteiger partial charge in [0.05, 0.1) is 16.4 Å². The Morgan fingerprint density at radius 1 is 0.609 bits per heavy atom. The van der Waals surface area contributed by atoms with Crippen LogP contribution in [0.3, 0.4) is 0 Å². The fourth-order valence-corrected chi connectivity index (χ4v) is 5.32. The van der Waals surface area contributed by atoms with E-state index in [2.05, 4.69) is 55.4 Å². The number of hydrogen-bond donors (Lipinski definition) is 0. The summed E-state index contributed by atoms with van der Waals surface area (Å²) in [6, 6.07) is 0. The minimum Gasteiger partial charge on any atom is -0.857 e. The molecule has 0 aliphatic carbocycles. The average Bonchev–Trinajstić information content (AvgIpc) is 2.88. The van der Waals surface area contributed by atoms with E-state index in [0.717, 1.165) is 41.9 Å². The standard InChI is InChI=1S/2C8H13P.2CH3O.Zr/c2*1-5-6(2)8(4)9-7(5)3;2*1-2;/h2*7H,1-4H3;2*1H3;/q;;2*-1;+2/p+2. The minimum absolute atomic E-state index is 0. The summed E-state index contributed by atoms with van der Waals surface area (Å²) in [5.41, 5.74) is 7.99. The van der Waals surface area contributed by atoms with Crippen LogP contribution in [0.15, 0.2) is 22.3 Å². The first-order valence-electron chi connectivity index (χ1n) is 7.63. The van der Waals surface area contributed by atoms with Crippen LogP contribution in [0.25, 0.3) is 0 Å². The zero-order chi connectivity index (χ0) is 18.0. The second kappa shape index (κ2) is 14.9. The Kier molecular flexibility index (Phi) is 18.4. The molecular formula is C18H34O2P2Zr+2. The van der Waals surface area contributed by atoms with E-state index in [0.29, 0.717) is 0 Å². The molecule has 4 atom stereocenters. The summed E-state index contributed by atoms with van der Waals surface area (Å²) in [6.45, 7) is 18.1. The SMILES string of the molecule is CC1=[PH+]C(C)C(C)=C1C.CC1=[PH+]C(C)C(C)=C1C.C[O-].C[O-].[Zr+2]. The molecule has 0 radical (unpaired) electrons. The number of allylic oxidation sites excluding steroid dienone is 4. The molecule has 0 aromatic rings. The molecule has 2 heterocycles. The molecule has 4 unspecified atom stereocenters. The van der Waals surface area contributed by atoms with Crippen molar-refractivity contribution in [2.75, 3.05) is 14.2 Å². The van der Waals surface area contributed by atoms with Crippen molar-refractivity contribution in [1.82, 2.24) is 0 Å². The summed E-state index contributed by atoms with van der Waals surface area (Å²) in [4.78, 5) is 0. The van der Waals surface area contributed by atoms with E-state index >= 15 is 0 Å². The van der Waals surface area contributed by atoms with Crippen molar-refractivity contribution in [3.8, 4) is 0 Å². The predicted octanol–water partition coefficient (Wildman–Crippen LogP) is 3.14. The largest absolute Gasteiger partial charge is 2.00 e. The Morgan fingerprint density at radius 2 is 0.826 bits per heavy atom. The first kappa shape index (κ1) is 28.4. The van der Waals surface area contributed by atoms with Gasteiger partial charge in [-0.1, -0.05) is 0 Å². The maximum Gasteiger partial charge on any atom is 2.00 e. The normalized spacial score (nSPS) is 23.1. The van der Waals surface area contributed by atoms with Gasteiger partial charge in [0.25, 0.3) is 0 Å². The first-order chi connectivity index (χ1) is 10.3. The molecule has 2 rings (SSSR count). The van der Waals surface area contributed by atoms with Gasteiger partial charge in [0.2, 0.25) is 0 Å². The molecule has 5 heteroatoms. The van der Waals surface area contributed by atoms with Crippen LogP contribution in [0.5, 0.6) is 0 Å². The van der Waals surface area contributed by atoms with Crippen LogP contribution in [-0.2, 0) is 26.2 Å². The third-order valence-electron chi connectivity index (χ3n) is 4.47. The van der Waals surface area contributed by atoms with Gasteiger partial charge in [-0.2, -0.15) is 14.2 Å². The van der Waals surface area contributed by atoms with Crippen molar-refractivity contribution < 1.29 is 36.4 Å². The van der Waals surface area contributed by atoms with E-state index in [1.54, 1.807) is 32.9 Å². The van der Waals surface area contributed by atoms with Gasteiger partial charge < -0.3 is 10.2 Å². The Hall–Kier alpha value is 0.623. The van der Waals surface area contributed by atoms with Crippen molar-refractivity contribution in [3.05, 3.63) is 22.3 Å². The summed E-state index contributed by atoms with van der Waals surface area (Å²) in [5, 5.41) is 19.7. The second-order valence-electron chi connectivity index (χ2n) is 5.60. The van der Waals surface area contributed by atoms with E-state index < -0.39 is 0 Å². The van der Waals surface area contributed by atoms with Gasteiger partial charge in [0.15, 0.2) is 0 Å². The zero-order valence-electron chi connectivity index (χ0n) is 16.5. The third kappa shape index (κ3) is 9.04. The summed E-state index contributed by atoms with van der Waals surface area (Å²) >= 11 is 0. The maximum atomic E-state index is 8.25. The average molecular weight is 436 g/mol. The molecule has 0 amide bonds. The van der Waals surface area contributed by atoms with E-state index in [-0.39, 0.29) is 26.2 Å². The van der Waals surface area contributed by atoms with E-state index in [4.69, 9.17) is 10.2 Å². The van der Waals surface area contributed by atoms with Crippen LogP contribution >= 0.6 is 16.4 Å². The third-order valence-corrected chi connectivity index (χ3v) is 7.82. The molecule has 130 valence electrons. The Balaban J connectivity index is -0.000000276. The quantitative estimate of drug-likeness (QED) is 0.549. The predicted molar refractivity (Wildman–Crippen MR) is 106 cm³/mol. The summed E-state index contributed by atoms with van der Waals surface area (Å²) in [7, 11) is 3.62. The fourth-order valence-electron chi connectivity index (χ4n) is 2.32. The van der Waals surface area contributed by atoms with Gasteiger partial charge in [-0.05, 0) is 63.8 Å². The van der Waals surface area contributed by atoms with Crippen LogP contribution in [0.1, 0.15) is 55.4 Å². The zero-order valence-corrected chi connectivity index (χ0v) is 20.9.